The van der Waals surface area contributed by atoms with E-state index in [0.29, 0.717) is 4.99 Å². The molecule has 0 fully saturated rings. The molecule has 21 heavy (non-hydrogen) atoms. The third kappa shape index (κ3) is 3.05. The van der Waals surface area contributed by atoms with Gasteiger partial charge in [0.05, 0.1) is 5.56 Å². The van der Waals surface area contributed by atoms with Gasteiger partial charge in [0.25, 0.3) is 0 Å². The summed E-state index contributed by atoms with van der Waals surface area (Å²) in [5.74, 6) is 0.772. The van der Waals surface area contributed by atoms with Crippen LogP contribution in [-0.2, 0) is 12.8 Å². The number of aryl methyl sites for hydroxylation is 3. The third-order valence-corrected chi connectivity index (χ3v) is 4.07. The molecule has 0 saturated heterocycles. The summed E-state index contributed by atoms with van der Waals surface area (Å²) in [4.78, 5) is 5.18. The predicted molar refractivity (Wildman–Crippen MR) is 91.2 cm³/mol. The van der Waals surface area contributed by atoms with Gasteiger partial charge in [-0.25, -0.2) is 4.98 Å². The zero-order valence-electron chi connectivity index (χ0n) is 12.1. The fraction of sp³-hybridized carbons (Fsp3) is 0.294. The second-order valence-electron chi connectivity index (χ2n) is 5.56. The van der Waals surface area contributed by atoms with Crippen LogP contribution in [0.5, 0.6) is 0 Å². The van der Waals surface area contributed by atoms with Crippen molar-refractivity contribution in [1.82, 2.24) is 4.98 Å². The molecule has 3 N–H and O–H groups in total. The minimum absolute atomic E-state index is 0.394. The van der Waals surface area contributed by atoms with Gasteiger partial charge < -0.3 is 11.1 Å². The van der Waals surface area contributed by atoms with Gasteiger partial charge in [0, 0.05) is 11.4 Å². The largest absolute Gasteiger partial charge is 0.389 e. The Hall–Kier alpha value is -1.94. The summed E-state index contributed by atoms with van der Waals surface area (Å²) in [5, 5.41) is 3.37. The van der Waals surface area contributed by atoms with Gasteiger partial charge in [-0.15, -0.1) is 0 Å². The highest BCUT2D eigenvalue weighted by atomic mass is 32.1. The highest BCUT2D eigenvalue weighted by Crippen LogP contribution is 2.27. The lowest BCUT2D eigenvalue weighted by Crippen LogP contribution is -2.16. The van der Waals surface area contributed by atoms with Gasteiger partial charge in [-0.05, 0) is 61.9 Å². The molecule has 1 aromatic heterocycles. The molecule has 1 aromatic carbocycles. The maximum Gasteiger partial charge on any atom is 0.140 e. The predicted octanol–water partition coefficient (Wildman–Crippen LogP) is 3.65. The fourth-order valence-electron chi connectivity index (χ4n) is 2.78. The summed E-state index contributed by atoms with van der Waals surface area (Å²) < 4.78 is 0. The smallest absolute Gasteiger partial charge is 0.140 e. The molecule has 3 rings (SSSR count). The SMILES string of the molecule is Cc1cccc(Nc2nc3c(cc2C(N)=S)CCCC3)c1. The van der Waals surface area contributed by atoms with Crippen LogP contribution >= 0.6 is 12.2 Å². The molecule has 0 amide bonds. The molecule has 4 heteroatoms. The maximum atomic E-state index is 5.88. The lowest BCUT2D eigenvalue weighted by Gasteiger charge is -2.19. The monoisotopic (exact) mass is 297 g/mol. The molecule has 1 aliphatic carbocycles. The van der Waals surface area contributed by atoms with E-state index in [2.05, 4.69) is 30.4 Å². The van der Waals surface area contributed by atoms with Gasteiger partial charge in [0.15, 0.2) is 0 Å². The van der Waals surface area contributed by atoms with Crippen molar-refractivity contribution < 1.29 is 0 Å². The first kappa shape index (κ1) is 14.0. The van der Waals surface area contributed by atoms with E-state index in [1.807, 2.05) is 12.1 Å². The van der Waals surface area contributed by atoms with Crippen LogP contribution in [0.15, 0.2) is 30.3 Å². The van der Waals surface area contributed by atoms with E-state index in [4.69, 9.17) is 22.9 Å². The highest BCUT2D eigenvalue weighted by molar-refractivity contribution is 7.80. The normalized spacial score (nSPS) is 13.6. The quantitative estimate of drug-likeness (QED) is 0.849. The lowest BCUT2D eigenvalue weighted by atomic mass is 9.94. The number of thiocarbonyl (C=S) groups is 1. The molecule has 108 valence electrons. The molecule has 0 bridgehead atoms. The Kier molecular flexibility index (Phi) is 3.88. The Morgan fingerprint density at radius 3 is 2.81 bits per heavy atom. The van der Waals surface area contributed by atoms with Crippen molar-refractivity contribution in [3.8, 4) is 0 Å². The summed E-state index contributed by atoms with van der Waals surface area (Å²) >= 11 is 5.19. The van der Waals surface area contributed by atoms with Crippen molar-refractivity contribution in [2.75, 3.05) is 5.32 Å². The topological polar surface area (TPSA) is 50.9 Å². The van der Waals surface area contributed by atoms with Crippen molar-refractivity contribution >= 4 is 28.7 Å². The Morgan fingerprint density at radius 1 is 1.24 bits per heavy atom. The number of benzene rings is 1. The van der Waals surface area contributed by atoms with E-state index in [1.165, 1.54) is 29.7 Å². The molecule has 2 aromatic rings. The van der Waals surface area contributed by atoms with Gasteiger partial charge >= 0.3 is 0 Å². The van der Waals surface area contributed by atoms with E-state index in [1.54, 1.807) is 0 Å². The number of aromatic nitrogens is 1. The third-order valence-electron chi connectivity index (χ3n) is 3.85. The minimum Gasteiger partial charge on any atom is -0.389 e. The van der Waals surface area contributed by atoms with E-state index in [0.717, 1.165) is 29.9 Å². The average molecular weight is 297 g/mol. The van der Waals surface area contributed by atoms with Crippen LogP contribution in [0.3, 0.4) is 0 Å². The summed E-state index contributed by atoms with van der Waals surface area (Å²) in [7, 11) is 0. The molecule has 1 heterocycles. The standard InChI is InChI=1S/C17H19N3S/c1-11-5-4-7-13(9-11)19-17-14(16(18)21)10-12-6-2-3-8-15(12)20-17/h4-5,7,9-10H,2-3,6,8H2,1H3,(H2,18,21)(H,19,20). The number of fused-ring (bicyclic) bond motifs is 1. The summed E-state index contributed by atoms with van der Waals surface area (Å²) in [5.41, 5.74) is 11.4. The summed E-state index contributed by atoms with van der Waals surface area (Å²) in [6, 6.07) is 10.3. The molecule has 0 spiro atoms. The minimum atomic E-state index is 0.394. The molecule has 1 aliphatic rings. The van der Waals surface area contributed by atoms with Gasteiger partial charge in [-0.3, -0.25) is 0 Å². The summed E-state index contributed by atoms with van der Waals surface area (Å²) in [6.45, 7) is 2.07. The molecule has 0 atom stereocenters. The molecule has 0 aliphatic heterocycles. The van der Waals surface area contributed by atoms with Gasteiger partial charge in [-0.2, -0.15) is 0 Å². The molecule has 0 saturated carbocycles. The first-order valence-corrected chi connectivity index (χ1v) is 7.70. The Morgan fingerprint density at radius 2 is 2.05 bits per heavy atom. The van der Waals surface area contributed by atoms with Crippen LogP contribution in [0, 0.1) is 6.92 Å². The second-order valence-corrected chi connectivity index (χ2v) is 6.00. The van der Waals surface area contributed by atoms with Crippen LogP contribution in [0.25, 0.3) is 0 Å². The fourth-order valence-corrected chi connectivity index (χ4v) is 2.93. The zero-order valence-corrected chi connectivity index (χ0v) is 13.0. The van der Waals surface area contributed by atoms with Crippen LogP contribution in [0.1, 0.15) is 35.2 Å². The number of nitrogens with two attached hydrogens (primary N) is 1. The van der Waals surface area contributed by atoms with Crippen molar-refractivity contribution in [2.24, 2.45) is 5.73 Å². The number of rotatable bonds is 3. The number of anilines is 2. The van der Waals surface area contributed by atoms with Crippen molar-refractivity contribution in [1.29, 1.82) is 0 Å². The molecule has 0 unspecified atom stereocenters. The number of pyridine rings is 1. The van der Waals surface area contributed by atoms with Gasteiger partial charge in [0.1, 0.15) is 10.8 Å². The zero-order chi connectivity index (χ0) is 14.8. The first-order chi connectivity index (χ1) is 10.1. The number of hydrogen-bond donors (Lipinski definition) is 2. The lowest BCUT2D eigenvalue weighted by molar-refractivity contribution is 0.668. The molecular formula is C17H19N3S. The van der Waals surface area contributed by atoms with Crippen LogP contribution in [0.2, 0.25) is 0 Å². The molecular weight excluding hydrogens is 278 g/mol. The van der Waals surface area contributed by atoms with Crippen LogP contribution in [0.4, 0.5) is 11.5 Å². The molecule has 0 radical (unpaired) electrons. The average Bonchev–Trinajstić information content (AvgIpc) is 2.46. The first-order valence-electron chi connectivity index (χ1n) is 7.30. The maximum absolute atomic E-state index is 5.88. The molecule has 3 nitrogen and oxygen atoms in total. The second kappa shape index (κ2) is 5.82. The summed E-state index contributed by atoms with van der Waals surface area (Å²) in [6.07, 6.45) is 4.53. The van der Waals surface area contributed by atoms with E-state index >= 15 is 0 Å². The van der Waals surface area contributed by atoms with Crippen molar-refractivity contribution in [2.45, 2.75) is 32.6 Å². The van der Waals surface area contributed by atoms with Gasteiger partial charge in [0.2, 0.25) is 0 Å². The number of nitrogens with one attached hydrogen (secondary N) is 1. The number of nitrogens with zero attached hydrogens (tertiary/aromatic N) is 1. The van der Waals surface area contributed by atoms with Crippen molar-refractivity contribution in [3.63, 3.8) is 0 Å². The van der Waals surface area contributed by atoms with Gasteiger partial charge in [-0.1, -0.05) is 24.4 Å². The van der Waals surface area contributed by atoms with Crippen LogP contribution in [-0.4, -0.2) is 9.97 Å². The highest BCUT2D eigenvalue weighted by Gasteiger charge is 2.16. The van der Waals surface area contributed by atoms with E-state index in [9.17, 15) is 0 Å². The van der Waals surface area contributed by atoms with Crippen molar-refractivity contribution in [3.05, 3.63) is 52.7 Å². The van der Waals surface area contributed by atoms with E-state index in [-0.39, 0.29) is 0 Å². The Balaban J connectivity index is 2.01. The van der Waals surface area contributed by atoms with E-state index < -0.39 is 0 Å². The number of hydrogen-bond acceptors (Lipinski definition) is 3. The Bertz CT molecular complexity index is 694. The Labute approximate surface area is 130 Å². The van der Waals surface area contributed by atoms with Crippen LogP contribution < -0.4 is 11.1 Å².